The molecule has 6 nitrogen and oxygen atoms in total. The first-order valence-electron chi connectivity index (χ1n) is 4.79. The van der Waals surface area contributed by atoms with Crippen LogP contribution >= 0.6 is 0 Å². The number of carbonyl (C=O) groups is 2. The van der Waals surface area contributed by atoms with Gasteiger partial charge in [0, 0.05) is 12.2 Å². The van der Waals surface area contributed by atoms with Crippen molar-refractivity contribution >= 4 is 11.9 Å². The number of ether oxygens (including phenoxy) is 1. The van der Waals surface area contributed by atoms with Crippen LogP contribution in [0.3, 0.4) is 0 Å². The molecule has 0 spiro atoms. The maximum absolute atomic E-state index is 10.1. The third-order valence-corrected chi connectivity index (χ3v) is 0.892. The van der Waals surface area contributed by atoms with Gasteiger partial charge in [-0.2, -0.15) is 0 Å². The van der Waals surface area contributed by atoms with Gasteiger partial charge in [0.15, 0.2) is 0 Å². The van der Waals surface area contributed by atoms with Crippen LogP contribution in [0.2, 0.25) is 0 Å². The topological polar surface area (TPSA) is 104 Å². The van der Waals surface area contributed by atoms with E-state index in [9.17, 15) is 9.59 Å². The average Bonchev–Trinajstić information content (AvgIpc) is 2.30. The largest absolute Gasteiger partial charge is 0.478 e. The SMILES string of the molecule is C=CC(=O)O.C=CC(=O)OCC.CC(O)CO. The van der Waals surface area contributed by atoms with E-state index in [1.807, 2.05) is 0 Å². The van der Waals surface area contributed by atoms with Crippen molar-refractivity contribution in [2.75, 3.05) is 13.2 Å². The number of hydrogen-bond donors (Lipinski definition) is 3. The molecule has 0 saturated carbocycles. The van der Waals surface area contributed by atoms with Gasteiger partial charge in [-0.25, -0.2) is 9.59 Å². The molecule has 0 aromatic heterocycles. The van der Waals surface area contributed by atoms with Crippen molar-refractivity contribution in [2.24, 2.45) is 0 Å². The predicted octanol–water partition coefficient (Wildman–Crippen LogP) is 0.352. The third kappa shape index (κ3) is 40.5. The Hall–Kier alpha value is -1.66. The van der Waals surface area contributed by atoms with Crippen LogP contribution in [-0.4, -0.2) is 46.6 Å². The van der Waals surface area contributed by atoms with Gasteiger partial charge in [0.05, 0.1) is 19.3 Å². The Bertz CT molecular complexity index is 222. The lowest BCUT2D eigenvalue weighted by molar-refractivity contribution is -0.137. The van der Waals surface area contributed by atoms with Crippen LogP contribution in [0.4, 0.5) is 0 Å². The molecule has 1 atom stereocenters. The van der Waals surface area contributed by atoms with Crippen molar-refractivity contribution in [3.63, 3.8) is 0 Å². The second-order valence-corrected chi connectivity index (χ2v) is 2.53. The zero-order valence-corrected chi connectivity index (χ0v) is 10.1. The quantitative estimate of drug-likeness (QED) is 0.490. The van der Waals surface area contributed by atoms with Crippen molar-refractivity contribution in [3.8, 4) is 0 Å². The Morgan fingerprint density at radius 1 is 1.35 bits per heavy atom. The maximum atomic E-state index is 10.1. The summed E-state index contributed by atoms with van der Waals surface area (Å²) in [7, 11) is 0. The standard InChI is InChI=1S/C5H8O2.C3H8O2.C3H4O2/c1-3-5(6)7-4-2;1-3(5)2-4;1-2-3(4)5/h3H,1,4H2,2H3;3-5H,2H2,1H3;2H,1H2,(H,4,5). The highest BCUT2D eigenvalue weighted by molar-refractivity contribution is 5.81. The molecule has 0 aliphatic rings. The first-order chi connectivity index (χ1) is 7.85. The average molecular weight is 248 g/mol. The van der Waals surface area contributed by atoms with Crippen LogP contribution in [0.5, 0.6) is 0 Å². The molecule has 0 heterocycles. The van der Waals surface area contributed by atoms with E-state index < -0.39 is 12.1 Å². The van der Waals surface area contributed by atoms with Crippen molar-refractivity contribution in [1.82, 2.24) is 0 Å². The van der Waals surface area contributed by atoms with Gasteiger partial charge in [-0.1, -0.05) is 13.2 Å². The van der Waals surface area contributed by atoms with Crippen LogP contribution in [0.15, 0.2) is 25.3 Å². The number of carboxylic acids is 1. The molecule has 0 fully saturated rings. The summed E-state index contributed by atoms with van der Waals surface area (Å²) >= 11 is 0. The second kappa shape index (κ2) is 16.8. The van der Waals surface area contributed by atoms with Crippen molar-refractivity contribution < 1.29 is 29.6 Å². The summed E-state index contributed by atoms with van der Waals surface area (Å²) in [6, 6.07) is 0. The fourth-order valence-electron chi connectivity index (χ4n) is 0.201. The number of aliphatic carboxylic acids is 1. The molecule has 6 heteroatoms. The molecule has 100 valence electrons. The van der Waals surface area contributed by atoms with E-state index in [0.29, 0.717) is 6.61 Å². The number of hydrogen-bond acceptors (Lipinski definition) is 5. The van der Waals surface area contributed by atoms with E-state index in [1.165, 1.54) is 6.92 Å². The number of esters is 1. The summed E-state index contributed by atoms with van der Waals surface area (Å²) in [5, 5.41) is 23.6. The van der Waals surface area contributed by atoms with Gasteiger partial charge in [-0.05, 0) is 13.8 Å². The minimum atomic E-state index is -0.981. The highest BCUT2D eigenvalue weighted by Gasteiger charge is 1.86. The summed E-state index contributed by atoms with van der Waals surface area (Å²) in [5.74, 6) is -1.34. The number of rotatable bonds is 4. The summed E-state index contributed by atoms with van der Waals surface area (Å²) in [5.41, 5.74) is 0. The van der Waals surface area contributed by atoms with E-state index >= 15 is 0 Å². The Kier molecular flexibility index (Phi) is 20.4. The van der Waals surface area contributed by atoms with Crippen molar-refractivity contribution in [1.29, 1.82) is 0 Å². The van der Waals surface area contributed by atoms with Gasteiger partial charge in [-0.3, -0.25) is 0 Å². The number of aliphatic hydroxyl groups is 2. The van der Waals surface area contributed by atoms with E-state index in [2.05, 4.69) is 17.9 Å². The monoisotopic (exact) mass is 248 g/mol. The number of aliphatic hydroxyl groups excluding tert-OH is 2. The van der Waals surface area contributed by atoms with Gasteiger partial charge < -0.3 is 20.1 Å². The Labute approximate surface area is 101 Å². The third-order valence-electron chi connectivity index (χ3n) is 0.892. The lowest BCUT2D eigenvalue weighted by Crippen LogP contribution is -2.03. The summed E-state index contributed by atoms with van der Waals surface area (Å²) < 4.78 is 4.43. The molecule has 0 saturated heterocycles. The molecule has 0 aliphatic heterocycles. The van der Waals surface area contributed by atoms with Crippen LogP contribution in [0.1, 0.15) is 13.8 Å². The van der Waals surface area contributed by atoms with E-state index in [-0.39, 0.29) is 12.6 Å². The van der Waals surface area contributed by atoms with Crippen molar-refractivity contribution in [2.45, 2.75) is 20.0 Å². The summed E-state index contributed by atoms with van der Waals surface area (Å²) in [4.78, 5) is 19.3. The molecular weight excluding hydrogens is 228 g/mol. The lowest BCUT2D eigenvalue weighted by atomic mass is 10.5. The van der Waals surface area contributed by atoms with Gasteiger partial charge in [0.1, 0.15) is 0 Å². The van der Waals surface area contributed by atoms with Gasteiger partial charge >= 0.3 is 11.9 Å². The Balaban J connectivity index is -0.000000177. The molecule has 0 rings (SSSR count). The zero-order valence-electron chi connectivity index (χ0n) is 10.1. The second-order valence-electron chi connectivity index (χ2n) is 2.53. The Morgan fingerprint density at radius 3 is 1.76 bits per heavy atom. The van der Waals surface area contributed by atoms with Crippen LogP contribution < -0.4 is 0 Å². The Morgan fingerprint density at radius 2 is 1.71 bits per heavy atom. The number of carboxylic acid groups (broad SMARTS) is 1. The molecule has 0 radical (unpaired) electrons. The summed E-state index contributed by atoms with van der Waals surface area (Å²) in [6.45, 7) is 9.73. The molecule has 0 aliphatic carbocycles. The molecule has 0 amide bonds. The highest BCUT2D eigenvalue weighted by Crippen LogP contribution is 1.74. The van der Waals surface area contributed by atoms with Crippen molar-refractivity contribution in [3.05, 3.63) is 25.3 Å². The van der Waals surface area contributed by atoms with Crippen LogP contribution in [0, 0.1) is 0 Å². The first-order valence-corrected chi connectivity index (χ1v) is 4.79. The van der Waals surface area contributed by atoms with E-state index in [0.717, 1.165) is 12.2 Å². The molecule has 0 aromatic carbocycles. The van der Waals surface area contributed by atoms with E-state index in [4.69, 9.17) is 15.3 Å². The normalized spacial score (nSPS) is 9.41. The minimum absolute atomic E-state index is 0.139. The zero-order chi connectivity index (χ0) is 14.3. The predicted molar refractivity (Wildman–Crippen MR) is 63.4 cm³/mol. The molecular formula is C11H20O6. The summed E-state index contributed by atoms with van der Waals surface area (Å²) in [6.07, 6.45) is 1.42. The van der Waals surface area contributed by atoms with Gasteiger partial charge in [-0.15, -0.1) is 0 Å². The van der Waals surface area contributed by atoms with E-state index in [1.54, 1.807) is 6.92 Å². The lowest BCUT2D eigenvalue weighted by Gasteiger charge is -1.90. The molecule has 0 bridgehead atoms. The van der Waals surface area contributed by atoms with Crippen LogP contribution in [0.25, 0.3) is 0 Å². The fraction of sp³-hybridized carbons (Fsp3) is 0.455. The van der Waals surface area contributed by atoms with Crippen LogP contribution in [-0.2, 0) is 14.3 Å². The highest BCUT2D eigenvalue weighted by atomic mass is 16.5. The smallest absolute Gasteiger partial charge is 0.330 e. The molecule has 3 N–H and O–H groups in total. The minimum Gasteiger partial charge on any atom is -0.478 e. The molecule has 1 unspecified atom stereocenters. The molecule has 0 aromatic rings. The van der Waals surface area contributed by atoms with Gasteiger partial charge in [0.2, 0.25) is 0 Å². The maximum Gasteiger partial charge on any atom is 0.330 e. The van der Waals surface area contributed by atoms with Gasteiger partial charge in [0.25, 0.3) is 0 Å². The number of carbonyl (C=O) groups excluding carboxylic acids is 1. The fourth-order valence-corrected chi connectivity index (χ4v) is 0.201. The molecule has 17 heavy (non-hydrogen) atoms. The first kappa shape index (κ1) is 20.7.